The van der Waals surface area contributed by atoms with Crippen LogP contribution in [0.1, 0.15) is 22.7 Å². The van der Waals surface area contributed by atoms with Gasteiger partial charge >= 0.3 is 0 Å². The van der Waals surface area contributed by atoms with Gasteiger partial charge < -0.3 is 10.5 Å². The van der Waals surface area contributed by atoms with Crippen LogP contribution < -0.4 is 10.5 Å². The number of benzene rings is 2. The molecule has 3 rings (SSSR count). The molecule has 0 saturated heterocycles. The molecule has 2 aromatic rings. The van der Waals surface area contributed by atoms with Crippen molar-refractivity contribution in [2.24, 2.45) is 5.73 Å². The molecule has 1 atom stereocenters. The molecule has 0 saturated carbocycles. The van der Waals surface area contributed by atoms with Crippen LogP contribution in [0.5, 0.6) is 5.75 Å². The lowest BCUT2D eigenvalue weighted by molar-refractivity contribution is 0.352. The number of rotatable bonds is 2. The smallest absolute Gasteiger partial charge is 0.127 e. The van der Waals surface area contributed by atoms with Crippen molar-refractivity contribution in [1.82, 2.24) is 0 Å². The van der Waals surface area contributed by atoms with Crippen molar-refractivity contribution in [3.05, 3.63) is 64.2 Å². The molecule has 2 nitrogen and oxygen atoms in total. The number of hydrogen-bond donors (Lipinski definition) is 1. The minimum atomic E-state index is -0.244. The van der Waals surface area contributed by atoms with E-state index in [1.807, 2.05) is 36.4 Å². The summed E-state index contributed by atoms with van der Waals surface area (Å²) in [6.07, 6.45) is 0.957. The highest BCUT2D eigenvalue weighted by Gasteiger charge is 2.21. The summed E-state index contributed by atoms with van der Waals surface area (Å²) in [5.41, 5.74) is 9.50. The van der Waals surface area contributed by atoms with Crippen molar-refractivity contribution in [1.29, 1.82) is 0 Å². The van der Waals surface area contributed by atoms with Crippen LogP contribution in [-0.2, 0) is 6.42 Å². The highest BCUT2D eigenvalue weighted by atomic mass is 35.5. The van der Waals surface area contributed by atoms with Crippen LogP contribution in [0.25, 0.3) is 0 Å². The van der Waals surface area contributed by atoms with Gasteiger partial charge in [0.05, 0.1) is 12.6 Å². The van der Waals surface area contributed by atoms with Crippen molar-refractivity contribution >= 4 is 11.6 Å². The maximum atomic E-state index is 6.33. The molecule has 0 aromatic heterocycles. The Morgan fingerprint density at radius 2 is 1.83 bits per heavy atom. The van der Waals surface area contributed by atoms with Crippen LogP contribution in [0.15, 0.2) is 42.5 Å². The maximum Gasteiger partial charge on any atom is 0.127 e. The van der Waals surface area contributed by atoms with Gasteiger partial charge in [-0.25, -0.2) is 0 Å². The zero-order valence-corrected chi connectivity index (χ0v) is 10.7. The van der Waals surface area contributed by atoms with Gasteiger partial charge in [-0.15, -0.1) is 0 Å². The summed E-state index contributed by atoms with van der Waals surface area (Å²) in [5.74, 6) is 0.935. The topological polar surface area (TPSA) is 35.2 Å². The molecule has 0 spiro atoms. The summed E-state index contributed by atoms with van der Waals surface area (Å²) in [6, 6.07) is 13.6. The molecule has 2 N–H and O–H groups in total. The quantitative estimate of drug-likeness (QED) is 0.898. The first-order chi connectivity index (χ1) is 8.77. The van der Waals surface area contributed by atoms with Crippen molar-refractivity contribution < 1.29 is 4.74 Å². The molecular weight excluding hydrogens is 246 g/mol. The van der Waals surface area contributed by atoms with E-state index in [4.69, 9.17) is 22.1 Å². The second-order valence-electron chi connectivity index (χ2n) is 4.43. The van der Waals surface area contributed by atoms with Gasteiger partial charge in [0.1, 0.15) is 5.75 Å². The Balaban J connectivity index is 2.06. The summed E-state index contributed by atoms with van der Waals surface area (Å²) in [7, 11) is 0. The SMILES string of the molecule is NC(c1ccccc1Cl)c1cccc2c1OCC2. The number of fused-ring (bicyclic) bond motifs is 1. The van der Waals surface area contributed by atoms with E-state index in [0.717, 1.165) is 29.9 Å². The van der Waals surface area contributed by atoms with E-state index >= 15 is 0 Å². The standard InChI is InChI=1S/C15H14ClNO/c16-13-7-2-1-5-11(13)14(17)12-6-3-4-10-8-9-18-15(10)12/h1-7,14H,8-9,17H2. The van der Waals surface area contributed by atoms with Gasteiger partial charge in [-0.05, 0) is 17.2 Å². The predicted molar refractivity (Wildman–Crippen MR) is 73.1 cm³/mol. The lowest BCUT2D eigenvalue weighted by Crippen LogP contribution is -2.13. The zero-order chi connectivity index (χ0) is 12.5. The molecule has 1 aliphatic rings. The van der Waals surface area contributed by atoms with E-state index in [2.05, 4.69) is 6.07 Å². The van der Waals surface area contributed by atoms with Crippen molar-refractivity contribution in [3.63, 3.8) is 0 Å². The first-order valence-corrected chi connectivity index (χ1v) is 6.40. The molecule has 0 fully saturated rings. The van der Waals surface area contributed by atoms with Gasteiger partial charge in [-0.2, -0.15) is 0 Å². The Morgan fingerprint density at radius 3 is 2.67 bits per heavy atom. The molecule has 0 amide bonds. The summed E-state index contributed by atoms with van der Waals surface area (Å²) in [4.78, 5) is 0. The second-order valence-corrected chi connectivity index (χ2v) is 4.84. The number of halogens is 1. The van der Waals surface area contributed by atoms with Crippen LogP contribution >= 0.6 is 11.6 Å². The fourth-order valence-electron chi connectivity index (χ4n) is 2.38. The first-order valence-electron chi connectivity index (χ1n) is 6.02. The number of para-hydroxylation sites is 1. The highest BCUT2D eigenvalue weighted by Crippen LogP contribution is 2.36. The molecule has 3 heteroatoms. The lowest BCUT2D eigenvalue weighted by atomic mass is 9.96. The molecule has 0 radical (unpaired) electrons. The molecule has 18 heavy (non-hydrogen) atoms. The van der Waals surface area contributed by atoms with Crippen LogP contribution in [0.2, 0.25) is 5.02 Å². The van der Waals surface area contributed by atoms with Crippen LogP contribution in [-0.4, -0.2) is 6.61 Å². The average molecular weight is 260 g/mol. The van der Waals surface area contributed by atoms with E-state index in [1.54, 1.807) is 0 Å². The molecule has 0 aliphatic carbocycles. The van der Waals surface area contributed by atoms with Gasteiger partial charge in [0.25, 0.3) is 0 Å². The van der Waals surface area contributed by atoms with Gasteiger partial charge in [0.15, 0.2) is 0 Å². The third-order valence-electron chi connectivity index (χ3n) is 3.32. The summed E-state index contributed by atoms with van der Waals surface area (Å²) < 4.78 is 5.69. The van der Waals surface area contributed by atoms with E-state index in [0.29, 0.717) is 5.02 Å². The molecule has 1 unspecified atom stereocenters. The van der Waals surface area contributed by atoms with Gasteiger partial charge in [-0.1, -0.05) is 48.0 Å². The van der Waals surface area contributed by atoms with Crippen LogP contribution in [0, 0.1) is 0 Å². The second kappa shape index (κ2) is 4.63. The summed E-state index contributed by atoms with van der Waals surface area (Å²) in [6.45, 7) is 0.738. The summed E-state index contributed by atoms with van der Waals surface area (Å²) in [5, 5.41) is 0.695. The third-order valence-corrected chi connectivity index (χ3v) is 3.66. The Hall–Kier alpha value is -1.51. The first kappa shape index (κ1) is 11.6. The van der Waals surface area contributed by atoms with Crippen molar-refractivity contribution in [2.75, 3.05) is 6.61 Å². The van der Waals surface area contributed by atoms with E-state index in [-0.39, 0.29) is 6.04 Å². The molecular formula is C15H14ClNO. The largest absolute Gasteiger partial charge is 0.493 e. The third kappa shape index (κ3) is 1.88. The molecule has 1 aliphatic heterocycles. The van der Waals surface area contributed by atoms with E-state index in [9.17, 15) is 0 Å². The van der Waals surface area contributed by atoms with E-state index in [1.165, 1.54) is 5.56 Å². The maximum absolute atomic E-state index is 6.33. The normalized spacial score (nSPS) is 15.0. The van der Waals surface area contributed by atoms with Crippen LogP contribution in [0.3, 0.4) is 0 Å². The monoisotopic (exact) mass is 259 g/mol. The fourth-order valence-corrected chi connectivity index (χ4v) is 2.63. The average Bonchev–Trinajstić information content (AvgIpc) is 2.86. The Kier molecular flexibility index (Phi) is 2.98. The predicted octanol–water partition coefficient (Wildman–Crippen LogP) is 3.32. The minimum Gasteiger partial charge on any atom is -0.493 e. The van der Waals surface area contributed by atoms with Crippen molar-refractivity contribution in [2.45, 2.75) is 12.5 Å². The number of nitrogens with two attached hydrogens (primary N) is 1. The fraction of sp³-hybridized carbons (Fsp3) is 0.200. The lowest BCUT2D eigenvalue weighted by Gasteiger charge is -2.17. The molecule has 0 bridgehead atoms. The van der Waals surface area contributed by atoms with Gasteiger partial charge in [0, 0.05) is 17.0 Å². The molecule has 2 aromatic carbocycles. The minimum absolute atomic E-state index is 0.244. The van der Waals surface area contributed by atoms with Gasteiger partial charge in [0.2, 0.25) is 0 Å². The Bertz CT molecular complexity index is 582. The molecule has 92 valence electrons. The Labute approximate surface area is 111 Å². The van der Waals surface area contributed by atoms with Gasteiger partial charge in [-0.3, -0.25) is 0 Å². The number of ether oxygens (including phenoxy) is 1. The number of hydrogen-bond acceptors (Lipinski definition) is 2. The zero-order valence-electron chi connectivity index (χ0n) is 9.90. The summed E-state index contributed by atoms with van der Waals surface area (Å²) >= 11 is 6.20. The Morgan fingerprint density at radius 1 is 1.06 bits per heavy atom. The van der Waals surface area contributed by atoms with Crippen LogP contribution in [0.4, 0.5) is 0 Å². The highest BCUT2D eigenvalue weighted by molar-refractivity contribution is 6.31. The van der Waals surface area contributed by atoms with Crippen molar-refractivity contribution in [3.8, 4) is 5.75 Å². The van der Waals surface area contributed by atoms with E-state index < -0.39 is 0 Å². The molecule has 1 heterocycles.